The van der Waals surface area contributed by atoms with Crippen molar-refractivity contribution in [2.45, 2.75) is 0 Å². The summed E-state index contributed by atoms with van der Waals surface area (Å²) in [6.07, 6.45) is 0. The molecule has 0 fully saturated rings. The van der Waals surface area contributed by atoms with Crippen LogP contribution < -0.4 is 0 Å². The first-order chi connectivity index (χ1) is 25.3. The molecule has 4 nitrogen and oxygen atoms in total. The van der Waals surface area contributed by atoms with Crippen molar-refractivity contribution in [1.82, 2.24) is 15.0 Å². The van der Waals surface area contributed by atoms with E-state index in [0.29, 0.717) is 5.82 Å². The summed E-state index contributed by atoms with van der Waals surface area (Å²) >= 11 is 0. The van der Waals surface area contributed by atoms with Crippen molar-refractivity contribution in [3.05, 3.63) is 176 Å². The van der Waals surface area contributed by atoms with Gasteiger partial charge in [0.1, 0.15) is 11.3 Å². The summed E-state index contributed by atoms with van der Waals surface area (Å²) in [6.45, 7) is 0. The second kappa shape index (κ2) is 11.9. The number of rotatable bonds is 5. The highest BCUT2D eigenvalue weighted by Crippen LogP contribution is 2.41. The van der Waals surface area contributed by atoms with Crippen molar-refractivity contribution in [2.75, 3.05) is 0 Å². The van der Waals surface area contributed by atoms with E-state index in [0.717, 1.165) is 88.7 Å². The Labute approximate surface area is 294 Å². The van der Waals surface area contributed by atoms with Gasteiger partial charge in [-0.3, -0.25) is 0 Å². The van der Waals surface area contributed by atoms with Crippen molar-refractivity contribution in [3.63, 3.8) is 0 Å². The number of benzene rings is 7. The third-order valence-corrected chi connectivity index (χ3v) is 9.68. The monoisotopic (exact) mass is 651 g/mol. The van der Waals surface area contributed by atoms with Crippen LogP contribution in [0.25, 0.3) is 99.9 Å². The Balaban J connectivity index is 1.09. The SMILES string of the molecule is c1ccc(-c2cc(-c3ccc(-c4cccc(-c5nc6c7ccccc7ccc6c6c5oc5ccccc56)c4)cc3)nc(-c3ccccc3)n2)cc1. The number of aromatic nitrogens is 3. The molecule has 0 aliphatic carbocycles. The van der Waals surface area contributed by atoms with Gasteiger partial charge in [0.15, 0.2) is 11.4 Å². The van der Waals surface area contributed by atoms with Crippen LogP contribution in [0, 0.1) is 0 Å². The van der Waals surface area contributed by atoms with E-state index in [9.17, 15) is 0 Å². The summed E-state index contributed by atoms with van der Waals surface area (Å²) in [6, 6.07) is 60.8. The highest BCUT2D eigenvalue weighted by molar-refractivity contribution is 6.24. The van der Waals surface area contributed by atoms with E-state index in [-0.39, 0.29) is 0 Å². The third-order valence-electron chi connectivity index (χ3n) is 9.68. The molecule has 51 heavy (non-hydrogen) atoms. The van der Waals surface area contributed by atoms with Crippen molar-refractivity contribution in [2.24, 2.45) is 0 Å². The largest absolute Gasteiger partial charge is 0.454 e. The first kappa shape index (κ1) is 29.0. The predicted octanol–water partition coefficient (Wildman–Crippen LogP) is 12.4. The van der Waals surface area contributed by atoms with E-state index in [4.69, 9.17) is 19.4 Å². The Morgan fingerprint density at radius 3 is 1.76 bits per heavy atom. The number of furan rings is 1. The quantitative estimate of drug-likeness (QED) is 0.174. The van der Waals surface area contributed by atoms with Crippen LogP contribution in [-0.4, -0.2) is 15.0 Å². The van der Waals surface area contributed by atoms with Crippen LogP contribution in [0.4, 0.5) is 0 Å². The normalized spacial score (nSPS) is 11.5. The maximum atomic E-state index is 6.58. The topological polar surface area (TPSA) is 51.8 Å². The number of hydrogen-bond donors (Lipinski definition) is 0. The van der Waals surface area contributed by atoms with Gasteiger partial charge in [-0.1, -0.05) is 158 Å². The molecule has 0 aliphatic rings. The highest BCUT2D eigenvalue weighted by Gasteiger charge is 2.19. The van der Waals surface area contributed by atoms with Crippen LogP contribution in [0.15, 0.2) is 180 Å². The Bertz CT molecular complexity index is 2840. The maximum absolute atomic E-state index is 6.58. The molecular formula is C47H29N3O. The smallest absolute Gasteiger partial charge is 0.162 e. The first-order valence-electron chi connectivity index (χ1n) is 17.1. The summed E-state index contributed by atoms with van der Waals surface area (Å²) in [7, 11) is 0. The lowest BCUT2D eigenvalue weighted by atomic mass is 9.97. The van der Waals surface area contributed by atoms with Crippen LogP contribution in [0.5, 0.6) is 0 Å². The van der Waals surface area contributed by atoms with E-state index >= 15 is 0 Å². The lowest BCUT2D eigenvalue weighted by Gasteiger charge is -2.11. The summed E-state index contributed by atoms with van der Waals surface area (Å²) in [5.74, 6) is 0.705. The molecule has 0 atom stereocenters. The Hall–Kier alpha value is -6.91. The fourth-order valence-corrected chi connectivity index (χ4v) is 7.16. The molecule has 0 saturated heterocycles. The molecule has 0 saturated carbocycles. The molecule has 10 rings (SSSR count). The number of nitrogens with zero attached hydrogens (tertiary/aromatic N) is 3. The van der Waals surface area contributed by atoms with Crippen LogP contribution in [-0.2, 0) is 0 Å². The molecule has 0 bridgehead atoms. The number of fused-ring (bicyclic) bond motifs is 7. The molecule has 238 valence electrons. The van der Waals surface area contributed by atoms with Gasteiger partial charge in [-0.25, -0.2) is 15.0 Å². The molecule has 4 heteroatoms. The summed E-state index contributed by atoms with van der Waals surface area (Å²) < 4.78 is 6.58. The van der Waals surface area contributed by atoms with E-state index in [2.05, 4.69) is 127 Å². The van der Waals surface area contributed by atoms with E-state index < -0.39 is 0 Å². The van der Waals surface area contributed by atoms with E-state index in [1.54, 1.807) is 0 Å². The molecule has 7 aromatic carbocycles. The second-order valence-electron chi connectivity index (χ2n) is 12.8. The molecule has 0 unspecified atom stereocenters. The van der Waals surface area contributed by atoms with Crippen LogP contribution in [0.2, 0.25) is 0 Å². The van der Waals surface area contributed by atoms with Gasteiger partial charge in [-0.2, -0.15) is 0 Å². The van der Waals surface area contributed by atoms with Gasteiger partial charge in [0.05, 0.1) is 16.9 Å². The Morgan fingerprint density at radius 2 is 0.980 bits per heavy atom. The van der Waals surface area contributed by atoms with Crippen molar-refractivity contribution in [3.8, 4) is 56.3 Å². The third kappa shape index (κ3) is 5.04. The molecule has 0 radical (unpaired) electrons. The van der Waals surface area contributed by atoms with Gasteiger partial charge in [-0.05, 0) is 34.7 Å². The molecule has 3 aromatic heterocycles. The van der Waals surface area contributed by atoms with Gasteiger partial charge >= 0.3 is 0 Å². The van der Waals surface area contributed by atoms with Crippen LogP contribution in [0.1, 0.15) is 0 Å². The average Bonchev–Trinajstić information content (AvgIpc) is 3.61. The molecule has 0 N–H and O–H groups in total. The minimum absolute atomic E-state index is 0.705. The van der Waals surface area contributed by atoms with Gasteiger partial charge in [0.2, 0.25) is 0 Å². The minimum Gasteiger partial charge on any atom is -0.454 e. The highest BCUT2D eigenvalue weighted by atomic mass is 16.3. The van der Waals surface area contributed by atoms with E-state index in [1.807, 2.05) is 48.5 Å². The van der Waals surface area contributed by atoms with Gasteiger partial charge in [-0.15, -0.1) is 0 Å². The number of para-hydroxylation sites is 1. The fourth-order valence-electron chi connectivity index (χ4n) is 7.16. The van der Waals surface area contributed by atoms with Crippen LogP contribution >= 0.6 is 0 Å². The summed E-state index contributed by atoms with van der Waals surface area (Å²) in [5, 5.41) is 5.59. The minimum atomic E-state index is 0.705. The maximum Gasteiger partial charge on any atom is 0.162 e. The zero-order valence-corrected chi connectivity index (χ0v) is 27.5. The predicted molar refractivity (Wildman–Crippen MR) is 209 cm³/mol. The summed E-state index contributed by atoms with van der Waals surface area (Å²) in [5.41, 5.74) is 11.5. The van der Waals surface area contributed by atoms with Crippen molar-refractivity contribution >= 4 is 43.6 Å². The fraction of sp³-hybridized carbons (Fsp3) is 0. The lowest BCUT2D eigenvalue weighted by molar-refractivity contribution is 0.669. The van der Waals surface area contributed by atoms with Gasteiger partial charge in [0, 0.05) is 43.8 Å². The van der Waals surface area contributed by atoms with Gasteiger partial charge in [0.25, 0.3) is 0 Å². The standard InChI is InChI=1S/C47H29N3O/c1-3-13-32(14-4-1)40-29-41(49-47(48-40)34-15-5-2-6-16-34)33-24-22-30(23-25-33)35-17-11-18-36(28-35)44-46-43(38-20-9-10-21-42(38)51-46)39-27-26-31-12-7-8-19-37(31)45(39)50-44/h1-29H. The first-order valence-corrected chi connectivity index (χ1v) is 17.1. The molecule has 0 spiro atoms. The van der Waals surface area contributed by atoms with Crippen LogP contribution in [0.3, 0.4) is 0 Å². The Kier molecular flexibility index (Phi) is 6.78. The second-order valence-corrected chi connectivity index (χ2v) is 12.8. The zero-order chi connectivity index (χ0) is 33.7. The Morgan fingerprint density at radius 1 is 0.373 bits per heavy atom. The molecular weight excluding hydrogens is 623 g/mol. The van der Waals surface area contributed by atoms with Crippen molar-refractivity contribution in [1.29, 1.82) is 0 Å². The molecule has 10 aromatic rings. The number of hydrogen-bond acceptors (Lipinski definition) is 4. The molecule has 0 aliphatic heterocycles. The number of pyridine rings is 1. The van der Waals surface area contributed by atoms with Gasteiger partial charge < -0.3 is 4.42 Å². The van der Waals surface area contributed by atoms with Crippen molar-refractivity contribution < 1.29 is 4.42 Å². The molecule has 0 amide bonds. The summed E-state index contributed by atoms with van der Waals surface area (Å²) in [4.78, 5) is 15.3. The van der Waals surface area contributed by atoms with E-state index in [1.165, 1.54) is 5.39 Å². The zero-order valence-electron chi connectivity index (χ0n) is 27.5. The molecule has 3 heterocycles. The lowest BCUT2D eigenvalue weighted by Crippen LogP contribution is -1.95. The average molecular weight is 652 g/mol.